The van der Waals surface area contributed by atoms with Gasteiger partial charge in [-0.2, -0.15) is 0 Å². The quantitative estimate of drug-likeness (QED) is 0.495. The summed E-state index contributed by atoms with van der Waals surface area (Å²) in [5.41, 5.74) is 0. The third-order valence-electron chi connectivity index (χ3n) is 0.471. The molecule has 0 N–H and O–H groups in total. The van der Waals surface area contributed by atoms with Crippen LogP contribution in [0, 0.1) is 0 Å². The number of nitrogens with zero attached hydrogens (tertiary/aromatic N) is 3. The predicted molar refractivity (Wildman–Crippen MR) is 24.8 cm³/mol. The monoisotopic (exact) mass is 115 g/mol. The molecular formula is C3H2ClN3. The van der Waals surface area contributed by atoms with Gasteiger partial charge in [0, 0.05) is 0 Å². The van der Waals surface area contributed by atoms with E-state index in [0.717, 1.165) is 0 Å². The average molecular weight is 116 g/mol. The fourth-order valence-electron chi connectivity index (χ4n) is 0.227. The van der Waals surface area contributed by atoms with Crippen LogP contribution in [0.1, 0.15) is 0 Å². The van der Waals surface area contributed by atoms with Crippen molar-refractivity contribution in [3.63, 3.8) is 0 Å². The fourth-order valence-corrected chi connectivity index (χ4v) is 0.317. The van der Waals surface area contributed by atoms with Crippen LogP contribution in [0.4, 0.5) is 0 Å². The lowest BCUT2D eigenvalue weighted by Gasteiger charge is -1.76. The molecule has 0 atom stereocenters. The van der Waals surface area contributed by atoms with E-state index in [4.69, 9.17) is 11.6 Å². The molecule has 1 aromatic heterocycles. The summed E-state index contributed by atoms with van der Waals surface area (Å²) in [6.07, 6.45) is 1.48. The lowest BCUT2D eigenvalue weighted by molar-refractivity contribution is 0.865. The molecule has 0 amide bonds. The van der Waals surface area contributed by atoms with Crippen LogP contribution in [-0.4, -0.2) is 15.4 Å². The van der Waals surface area contributed by atoms with E-state index in [2.05, 4.69) is 15.4 Å². The predicted octanol–water partition coefficient (Wildman–Crippen LogP) is 0.525. The van der Waals surface area contributed by atoms with Crippen LogP contribution in [0.2, 0.25) is 5.15 Å². The van der Waals surface area contributed by atoms with Crippen LogP contribution in [0.3, 0.4) is 0 Å². The summed E-state index contributed by atoms with van der Waals surface area (Å²) in [5, 5.41) is 10.4. The minimum atomic E-state index is 0.370. The number of halogens is 1. The minimum absolute atomic E-state index is 0.370. The van der Waals surface area contributed by atoms with Crippen molar-refractivity contribution in [1.29, 1.82) is 0 Å². The standard InChI is InChI=1S/C3H2ClN3/c4-3-1-2-5-7-6-3/h1-2H. The molecule has 1 heterocycles. The second-order valence-electron chi connectivity index (χ2n) is 0.943. The normalized spacial score (nSPS) is 8.71. The number of hydrogen-bond donors (Lipinski definition) is 0. The SMILES string of the molecule is Clc1ccnnn1. The van der Waals surface area contributed by atoms with Crippen LogP contribution in [0.5, 0.6) is 0 Å². The van der Waals surface area contributed by atoms with Crippen molar-refractivity contribution in [2.75, 3.05) is 0 Å². The van der Waals surface area contributed by atoms with Crippen LogP contribution in [0.25, 0.3) is 0 Å². The van der Waals surface area contributed by atoms with Gasteiger partial charge >= 0.3 is 0 Å². The van der Waals surface area contributed by atoms with Crippen LogP contribution < -0.4 is 0 Å². The third-order valence-corrected chi connectivity index (χ3v) is 0.672. The first kappa shape index (κ1) is 4.46. The summed E-state index contributed by atoms with van der Waals surface area (Å²) in [5.74, 6) is 0. The van der Waals surface area contributed by atoms with Crippen molar-refractivity contribution in [3.8, 4) is 0 Å². The van der Waals surface area contributed by atoms with Crippen molar-refractivity contribution in [1.82, 2.24) is 15.4 Å². The average Bonchev–Trinajstić information content (AvgIpc) is 1.69. The van der Waals surface area contributed by atoms with E-state index in [9.17, 15) is 0 Å². The van der Waals surface area contributed by atoms with Gasteiger partial charge in [-0.05, 0) is 11.3 Å². The first-order valence-corrected chi connectivity index (χ1v) is 2.07. The minimum Gasteiger partial charge on any atom is -0.139 e. The zero-order chi connectivity index (χ0) is 5.11. The van der Waals surface area contributed by atoms with E-state index < -0.39 is 0 Å². The lowest BCUT2D eigenvalue weighted by atomic mass is 10.7. The van der Waals surface area contributed by atoms with Crippen molar-refractivity contribution >= 4 is 11.6 Å². The van der Waals surface area contributed by atoms with E-state index in [1.807, 2.05) is 0 Å². The van der Waals surface area contributed by atoms with E-state index >= 15 is 0 Å². The topological polar surface area (TPSA) is 38.7 Å². The molecule has 0 bridgehead atoms. The summed E-state index contributed by atoms with van der Waals surface area (Å²) < 4.78 is 0. The van der Waals surface area contributed by atoms with Crippen molar-refractivity contribution in [3.05, 3.63) is 17.4 Å². The highest BCUT2D eigenvalue weighted by Crippen LogP contribution is 1.94. The molecule has 36 valence electrons. The molecule has 0 aliphatic carbocycles. The van der Waals surface area contributed by atoms with E-state index in [0.29, 0.717) is 5.15 Å². The molecule has 0 unspecified atom stereocenters. The Morgan fingerprint density at radius 3 is 2.71 bits per heavy atom. The van der Waals surface area contributed by atoms with Crippen molar-refractivity contribution in [2.24, 2.45) is 0 Å². The maximum atomic E-state index is 5.33. The van der Waals surface area contributed by atoms with E-state index in [1.54, 1.807) is 6.07 Å². The Bertz CT molecular complexity index is 140. The van der Waals surface area contributed by atoms with Crippen LogP contribution >= 0.6 is 11.6 Å². The first-order valence-electron chi connectivity index (χ1n) is 1.69. The van der Waals surface area contributed by atoms with Crippen LogP contribution in [-0.2, 0) is 0 Å². The highest BCUT2D eigenvalue weighted by molar-refractivity contribution is 6.29. The van der Waals surface area contributed by atoms with Gasteiger partial charge < -0.3 is 0 Å². The van der Waals surface area contributed by atoms with Crippen LogP contribution in [0.15, 0.2) is 12.3 Å². The zero-order valence-corrected chi connectivity index (χ0v) is 4.13. The summed E-state index contributed by atoms with van der Waals surface area (Å²) in [6.45, 7) is 0. The summed E-state index contributed by atoms with van der Waals surface area (Å²) >= 11 is 5.33. The van der Waals surface area contributed by atoms with Gasteiger partial charge in [-0.25, -0.2) is 0 Å². The number of aromatic nitrogens is 3. The molecule has 4 heteroatoms. The van der Waals surface area contributed by atoms with E-state index in [1.165, 1.54) is 6.20 Å². The Morgan fingerprint density at radius 1 is 1.57 bits per heavy atom. The smallest absolute Gasteiger partial charge is 0.139 e. The first-order chi connectivity index (χ1) is 3.39. The molecule has 1 aromatic rings. The van der Waals surface area contributed by atoms with E-state index in [-0.39, 0.29) is 0 Å². The lowest BCUT2D eigenvalue weighted by Crippen LogP contribution is -1.81. The Labute approximate surface area is 45.3 Å². The van der Waals surface area contributed by atoms with Gasteiger partial charge in [0.1, 0.15) is 0 Å². The number of rotatable bonds is 0. The van der Waals surface area contributed by atoms with Gasteiger partial charge in [-0.3, -0.25) is 0 Å². The largest absolute Gasteiger partial charge is 0.155 e. The van der Waals surface area contributed by atoms with Crippen molar-refractivity contribution in [2.45, 2.75) is 0 Å². The van der Waals surface area contributed by atoms with Gasteiger partial charge in [0.2, 0.25) is 0 Å². The maximum Gasteiger partial charge on any atom is 0.155 e. The molecule has 0 spiro atoms. The number of hydrogen-bond acceptors (Lipinski definition) is 3. The Balaban J connectivity index is 3.02. The molecule has 0 aliphatic heterocycles. The highest BCUT2D eigenvalue weighted by atomic mass is 35.5. The molecule has 0 aromatic carbocycles. The highest BCUT2D eigenvalue weighted by Gasteiger charge is 1.79. The third kappa shape index (κ3) is 1.08. The van der Waals surface area contributed by atoms with Gasteiger partial charge in [0.25, 0.3) is 0 Å². The molecule has 0 aliphatic rings. The van der Waals surface area contributed by atoms with Crippen molar-refractivity contribution < 1.29 is 0 Å². The molecular weight excluding hydrogens is 114 g/mol. The molecule has 7 heavy (non-hydrogen) atoms. The summed E-state index contributed by atoms with van der Waals surface area (Å²) in [4.78, 5) is 0. The molecule has 3 nitrogen and oxygen atoms in total. The zero-order valence-electron chi connectivity index (χ0n) is 3.37. The molecule has 0 saturated heterocycles. The Hall–Kier alpha value is -0.700. The van der Waals surface area contributed by atoms with Gasteiger partial charge in [-0.15, -0.1) is 10.2 Å². The second kappa shape index (κ2) is 1.84. The summed E-state index contributed by atoms with van der Waals surface area (Å²) in [7, 11) is 0. The maximum absolute atomic E-state index is 5.33. The van der Waals surface area contributed by atoms with Gasteiger partial charge in [0.15, 0.2) is 5.15 Å². The summed E-state index contributed by atoms with van der Waals surface area (Å²) in [6, 6.07) is 1.56. The molecule has 0 fully saturated rings. The molecule has 1 rings (SSSR count). The fraction of sp³-hybridized carbons (Fsp3) is 0. The van der Waals surface area contributed by atoms with Gasteiger partial charge in [-0.1, -0.05) is 11.6 Å². The Morgan fingerprint density at radius 2 is 2.43 bits per heavy atom. The molecule has 0 saturated carbocycles. The second-order valence-corrected chi connectivity index (χ2v) is 1.33. The van der Waals surface area contributed by atoms with Gasteiger partial charge in [0.05, 0.1) is 6.20 Å². The molecule has 0 radical (unpaired) electrons. The Kier molecular flexibility index (Phi) is 1.17.